The van der Waals surface area contributed by atoms with Gasteiger partial charge in [-0.05, 0) is 30.4 Å². The molecule has 0 bridgehead atoms. The lowest BCUT2D eigenvalue weighted by Gasteiger charge is -2.08. The van der Waals surface area contributed by atoms with Crippen molar-refractivity contribution in [2.45, 2.75) is 38.1 Å². The van der Waals surface area contributed by atoms with Crippen LogP contribution in [0, 0.1) is 0 Å². The first-order valence-electron chi connectivity index (χ1n) is 6.42. The van der Waals surface area contributed by atoms with Crippen LogP contribution in [0.4, 0.5) is 0 Å². The zero-order chi connectivity index (χ0) is 12.4. The first-order valence-corrected chi connectivity index (χ1v) is 7.36. The van der Waals surface area contributed by atoms with E-state index in [1.807, 2.05) is 33.8 Å². The maximum atomic E-state index is 12.0. The summed E-state index contributed by atoms with van der Waals surface area (Å²) in [6, 6.07) is 4.40. The fourth-order valence-electron chi connectivity index (χ4n) is 2.53. The molecule has 1 saturated carbocycles. The SMILES string of the molecule is O=C(Cc1ccn(C2CCCC2)n1)c1ccsc1. The molecule has 0 aliphatic heterocycles. The predicted molar refractivity (Wildman–Crippen MR) is 72.1 cm³/mol. The highest BCUT2D eigenvalue weighted by Crippen LogP contribution is 2.28. The number of carbonyl (C=O) groups is 1. The summed E-state index contributed by atoms with van der Waals surface area (Å²) in [5.74, 6) is 0.160. The zero-order valence-corrected chi connectivity index (χ0v) is 11.0. The number of rotatable bonds is 4. The van der Waals surface area contributed by atoms with Crippen LogP contribution < -0.4 is 0 Å². The summed E-state index contributed by atoms with van der Waals surface area (Å²) >= 11 is 1.56. The molecular formula is C14H16N2OS. The Balaban J connectivity index is 1.68. The minimum Gasteiger partial charge on any atom is -0.294 e. The molecule has 0 atom stereocenters. The van der Waals surface area contributed by atoms with Crippen molar-refractivity contribution in [3.63, 3.8) is 0 Å². The monoisotopic (exact) mass is 260 g/mol. The van der Waals surface area contributed by atoms with E-state index in [1.165, 1.54) is 25.7 Å². The van der Waals surface area contributed by atoms with E-state index in [2.05, 4.69) is 5.10 Å². The molecule has 0 unspecified atom stereocenters. The molecule has 3 nitrogen and oxygen atoms in total. The zero-order valence-electron chi connectivity index (χ0n) is 10.2. The lowest BCUT2D eigenvalue weighted by Crippen LogP contribution is -2.07. The van der Waals surface area contributed by atoms with Gasteiger partial charge in [0.25, 0.3) is 0 Å². The number of thiophene rings is 1. The summed E-state index contributed by atoms with van der Waals surface area (Å²) in [5.41, 5.74) is 1.69. The number of Topliss-reactive ketones (excluding diaryl/α,β-unsaturated/α-hetero) is 1. The van der Waals surface area contributed by atoms with Gasteiger partial charge in [-0.15, -0.1) is 0 Å². The topological polar surface area (TPSA) is 34.9 Å². The molecule has 1 aliphatic carbocycles. The van der Waals surface area contributed by atoms with Crippen LogP contribution in [0.25, 0.3) is 0 Å². The molecule has 0 aromatic carbocycles. The third-order valence-corrected chi connectivity index (χ3v) is 4.23. The number of hydrogen-bond acceptors (Lipinski definition) is 3. The Morgan fingerprint density at radius 2 is 2.22 bits per heavy atom. The van der Waals surface area contributed by atoms with Gasteiger partial charge in [0.15, 0.2) is 5.78 Å². The van der Waals surface area contributed by atoms with Gasteiger partial charge in [-0.3, -0.25) is 9.48 Å². The van der Waals surface area contributed by atoms with E-state index in [9.17, 15) is 4.79 Å². The van der Waals surface area contributed by atoms with E-state index in [1.54, 1.807) is 11.3 Å². The second-order valence-electron chi connectivity index (χ2n) is 4.84. The highest BCUT2D eigenvalue weighted by molar-refractivity contribution is 7.08. The van der Waals surface area contributed by atoms with Crippen LogP contribution in [0.5, 0.6) is 0 Å². The summed E-state index contributed by atoms with van der Waals surface area (Å²) in [5, 5.41) is 8.38. The molecule has 0 amide bonds. The van der Waals surface area contributed by atoms with Crippen molar-refractivity contribution in [1.82, 2.24) is 9.78 Å². The minimum atomic E-state index is 0.160. The fourth-order valence-corrected chi connectivity index (χ4v) is 3.19. The van der Waals surface area contributed by atoms with Crippen molar-refractivity contribution in [3.8, 4) is 0 Å². The molecular weight excluding hydrogens is 244 g/mol. The second-order valence-corrected chi connectivity index (χ2v) is 5.62. The number of nitrogens with zero attached hydrogens (tertiary/aromatic N) is 2. The lowest BCUT2D eigenvalue weighted by molar-refractivity contribution is 0.0992. The Bertz CT molecular complexity index is 524. The van der Waals surface area contributed by atoms with Crippen LogP contribution >= 0.6 is 11.3 Å². The molecule has 1 fully saturated rings. The van der Waals surface area contributed by atoms with Crippen LogP contribution in [-0.2, 0) is 6.42 Å². The average Bonchev–Trinajstić information content (AvgIpc) is 3.12. The summed E-state index contributed by atoms with van der Waals surface area (Å²) in [7, 11) is 0. The van der Waals surface area contributed by atoms with Gasteiger partial charge in [0.1, 0.15) is 0 Å². The second kappa shape index (κ2) is 5.06. The van der Waals surface area contributed by atoms with Gasteiger partial charge in [-0.2, -0.15) is 16.4 Å². The summed E-state index contributed by atoms with van der Waals surface area (Å²) < 4.78 is 2.04. The molecule has 18 heavy (non-hydrogen) atoms. The molecule has 0 spiro atoms. The van der Waals surface area contributed by atoms with Crippen LogP contribution in [-0.4, -0.2) is 15.6 Å². The van der Waals surface area contributed by atoms with E-state index >= 15 is 0 Å². The average molecular weight is 260 g/mol. The molecule has 3 rings (SSSR count). The minimum absolute atomic E-state index is 0.160. The van der Waals surface area contributed by atoms with Crippen LogP contribution in [0.15, 0.2) is 29.1 Å². The van der Waals surface area contributed by atoms with E-state index in [0.717, 1.165) is 11.3 Å². The first-order chi connectivity index (χ1) is 8.83. The van der Waals surface area contributed by atoms with Gasteiger partial charge < -0.3 is 0 Å². The number of carbonyl (C=O) groups excluding carboxylic acids is 1. The molecule has 94 valence electrons. The van der Waals surface area contributed by atoms with Gasteiger partial charge in [0, 0.05) is 17.1 Å². The third kappa shape index (κ3) is 2.38. The molecule has 2 aromatic heterocycles. The highest BCUT2D eigenvalue weighted by Gasteiger charge is 2.18. The molecule has 1 aliphatic rings. The number of aromatic nitrogens is 2. The Morgan fingerprint density at radius 3 is 2.94 bits per heavy atom. The van der Waals surface area contributed by atoms with E-state index < -0.39 is 0 Å². The molecule has 0 radical (unpaired) electrons. The number of ketones is 1. The van der Waals surface area contributed by atoms with Gasteiger partial charge in [-0.1, -0.05) is 12.8 Å². The Morgan fingerprint density at radius 1 is 1.39 bits per heavy atom. The lowest BCUT2D eigenvalue weighted by atomic mass is 10.1. The Hall–Kier alpha value is -1.42. The van der Waals surface area contributed by atoms with E-state index in [4.69, 9.17) is 0 Å². The van der Waals surface area contributed by atoms with Crippen molar-refractivity contribution in [3.05, 3.63) is 40.3 Å². The smallest absolute Gasteiger partial charge is 0.169 e. The molecule has 0 saturated heterocycles. The van der Waals surface area contributed by atoms with E-state index in [-0.39, 0.29) is 5.78 Å². The molecule has 2 aromatic rings. The third-order valence-electron chi connectivity index (χ3n) is 3.55. The summed E-state index contributed by atoms with van der Waals surface area (Å²) in [4.78, 5) is 12.0. The van der Waals surface area contributed by atoms with Gasteiger partial charge in [0.2, 0.25) is 0 Å². The summed E-state index contributed by atoms with van der Waals surface area (Å²) in [6.45, 7) is 0. The van der Waals surface area contributed by atoms with E-state index in [0.29, 0.717) is 12.5 Å². The largest absolute Gasteiger partial charge is 0.294 e. The maximum absolute atomic E-state index is 12.0. The Labute approximate surface area is 110 Å². The normalized spacial score (nSPS) is 16.2. The van der Waals surface area contributed by atoms with Gasteiger partial charge in [0.05, 0.1) is 18.2 Å². The van der Waals surface area contributed by atoms with Crippen LogP contribution in [0.3, 0.4) is 0 Å². The summed E-state index contributed by atoms with van der Waals surface area (Å²) in [6.07, 6.45) is 7.48. The quantitative estimate of drug-likeness (QED) is 0.789. The highest BCUT2D eigenvalue weighted by atomic mass is 32.1. The van der Waals surface area contributed by atoms with Crippen molar-refractivity contribution in [2.24, 2.45) is 0 Å². The van der Waals surface area contributed by atoms with Crippen molar-refractivity contribution < 1.29 is 4.79 Å². The first kappa shape index (κ1) is 11.7. The number of hydrogen-bond donors (Lipinski definition) is 0. The fraction of sp³-hybridized carbons (Fsp3) is 0.429. The van der Waals surface area contributed by atoms with Crippen molar-refractivity contribution >= 4 is 17.1 Å². The Kier molecular flexibility index (Phi) is 3.28. The van der Waals surface area contributed by atoms with Crippen molar-refractivity contribution in [2.75, 3.05) is 0 Å². The maximum Gasteiger partial charge on any atom is 0.169 e. The van der Waals surface area contributed by atoms with Crippen LogP contribution in [0.1, 0.15) is 47.8 Å². The van der Waals surface area contributed by atoms with Crippen molar-refractivity contribution in [1.29, 1.82) is 0 Å². The molecule has 2 heterocycles. The molecule has 4 heteroatoms. The molecule has 0 N–H and O–H groups in total. The standard InChI is InChI=1S/C14H16N2OS/c17-14(11-6-8-18-10-11)9-12-5-7-16(15-12)13-3-1-2-4-13/h5-8,10,13H,1-4,9H2. The van der Waals surface area contributed by atoms with Gasteiger partial charge >= 0.3 is 0 Å². The predicted octanol–water partition coefficient (Wildman–Crippen LogP) is 3.49. The van der Waals surface area contributed by atoms with Gasteiger partial charge in [-0.25, -0.2) is 0 Å². The van der Waals surface area contributed by atoms with Crippen LogP contribution in [0.2, 0.25) is 0 Å².